The van der Waals surface area contributed by atoms with Crippen molar-refractivity contribution in [3.8, 4) is 0 Å². The molecule has 0 saturated heterocycles. The second-order valence-electron chi connectivity index (χ2n) is 5.21. The van der Waals surface area contributed by atoms with Crippen LogP contribution in [0.3, 0.4) is 0 Å². The number of anilines is 2. The Morgan fingerprint density at radius 1 is 1.24 bits per heavy atom. The number of nitrogen functional groups attached to an aromatic ring is 1. The molecule has 0 fully saturated rings. The number of nitrogens with two attached hydrogens (primary N) is 1. The van der Waals surface area contributed by atoms with Gasteiger partial charge < -0.3 is 15.6 Å². The molecule has 0 spiro atoms. The highest BCUT2D eigenvalue weighted by Gasteiger charge is 2.18. The van der Waals surface area contributed by atoms with Crippen LogP contribution in [0.2, 0.25) is 0 Å². The van der Waals surface area contributed by atoms with Gasteiger partial charge in [0.25, 0.3) is 0 Å². The summed E-state index contributed by atoms with van der Waals surface area (Å²) in [6.07, 6.45) is 1.69. The van der Waals surface area contributed by atoms with Gasteiger partial charge in [0.2, 0.25) is 0 Å². The first-order valence-electron chi connectivity index (χ1n) is 6.90. The van der Waals surface area contributed by atoms with Crippen molar-refractivity contribution in [3.63, 3.8) is 0 Å². The number of para-hydroxylation sites is 1. The maximum atomic E-state index is 6.10. The lowest BCUT2D eigenvalue weighted by molar-refractivity contribution is 0.392. The van der Waals surface area contributed by atoms with Crippen molar-refractivity contribution in [2.24, 2.45) is 0 Å². The normalized spacial score (nSPS) is 12.5. The van der Waals surface area contributed by atoms with Crippen molar-refractivity contribution in [2.45, 2.75) is 26.8 Å². The average molecular weight is 282 g/mol. The average Bonchev–Trinajstić information content (AvgIpc) is 2.81. The van der Waals surface area contributed by atoms with Crippen LogP contribution in [0.4, 0.5) is 11.4 Å². The molecule has 2 heterocycles. The first kappa shape index (κ1) is 13.4. The van der Waals surface area contributed by atoms with Gasteiger partial charge in [-0.3, -0.25) is 4.98 Å². The molecule has 3 N–H and O–H groups in total. The Balaban J connectivity index is 2.04. The third kappa shape index (κ3) is 2.31. The van der Waals surface area contributed by atoms with Gasteiger partial charge in [0.15, 0.2) is 0 Å². The van der Waals surface area contributed by atoms with E-state index in [1.165, 1.54) is 0 Å². The van der Waals surface area contributed by atoms with Gasteiger partial charge in [-0.2, -0.15) is 0 Å². The van der Waals surface area contributed by atoms with Crippen molar-refractivity contribution >= 4 is 22.3 Å². The molecule has 1 aromatic carbocycles. The first-order valence-corrected chi connectivity index (χ1v) is 6.90. The quantitative estimate of drug-likeness (QED) is 0.767. The number of benzene rings is 1. The monoisotopic (exact) mass is 282 g/mol. The molecule has 3 rings (SSSR count). The Hall–Kier alpha value is -2.56. The Morgan fingerprint density at radius 2 is 2.00 bits per heavy atom. The molecule has 3 aromatic rings. The molecule has 0 amide bonds. The van der Waals surface area contributed by atoms with Crippen LogP contribution in [0.1, 0.15) is 30.0 Å². The van der Waals surface area contributed by atoms with E-state index in [4.69, 9.17) is 10.3 Å². The number of fused-ring (bicyclic) bond motifs is 1. The third-order valence-electron chi connectivity index (χ3n) is 3.69. The molecule has 108 valence electrons. The van der Waals surface area contributed by atoms with E-state index >= 15 is 0 Å². The number of hydrogen-bond acceptors (Lipinski definition) is 5. The van der Waals surface area contributed by atoms with E-state index in [-0.39, 0.29) is 6.04 Å². The lowest BCUT2D eigenvalue weighted by Crippen LogP contribution is -2.10. The van der Waals surface area contributed by atoms with Crippen LogP contribution in [0, 0.1) is 13.8 Å². The predicted molar refractivity (Wildman–Crippen MR) is 84.2 cm³/mol. The predicted octanol–water partition coefficient (Wildman–Crippen LogP) is 3.59. The first-order chi connectivity index (χ1) is 10.1. The second-order valence-corrected chi connectivity index (χ2v) is 5.21. The molecule has 5 heteroatoms. The van der Waals surface area contributed by atoms with Gasteiger partial charge in [0.05, 0.1) is 34.8 Å². The van der Waals surface area contributed by atoms with Crippen LogP contribution >= 0.6 is 0 Å². The molecule has 1 atom stereocenters. The van der Waals surface area contributed by atoms with Gasteiger partial charge in [0, 0.05) is 10.9 Å². The fourth-order valence-electron chi connectivity index (χ4n) is 2.71. The van der Waals surface area contributed by atoms with Crippen LogP contribution in [-0.2, 0) is 0 Å². The van der Waals surface area contributed by atoms with Crippen LogP contribution in [-0.4, -0.2) is 10.1 Å². The highest BCUT2D eigenvalue weighted by molar-refractivity contribution is 5.97. The summed E-state index contributed by atoms with van der Waals surface area (Å²) in [6.45, 7) is 5.93. The van der Waals surface area contributed by atoms with Gasteiger partial charge in [-0.25, -0.2) is 0 Å². The maximum Gasteiger partial charge on any atom is 0.139 e. The van der Waals surface area contributed by atoms with Gasteiger partial charge >= 0.3 is 0 Å². The van der Waals surface area contributed by atoms with Crippen molar-refractivity contribution in [1.29, 1.82) is 0 Å². The van der Waals surface area contributed by atoms with E-state index in [0.717, 1.165) is 33.6 Å². The fourth-order valence-corrected chi connectivity index (χ4v) is 2.71. The minimum Gasteiger partial charge on any atom is -0.396 e. The molecule has 0 bridgehead atoms. The molecule has 5 nitrogen and oxygen atoms in total. The number of nitrogens with zero attached hydrogens (tertiary/aromatic N) is 2. The Bertz CT molecular complexity index is 775. The summed E-state index contributed by atoms with van der Waals surface area (Å²) in [5.74, 6) is 0.824. The zero-order valence-corrected chi connectivity index (χ0v) is 12.3. The largest absolute Gasteiger partial charge is 0.396 e. The number of hydrogen-bond donors (Lipinski definition) is 2. The van der Waals surface area contributed by atoms with Gasteiger partial charge in [0.1, 0.15) is 5.76 Å². The van der Waals surface area contributed by atoms with Crippen LogP contribution < -0.4 is 11.1 Å². The van der Waals surface area contributed by atoms with Crippen molar-refractivity contribution in [3.05, 3.63) is 47.5 Å². The summed E-state index contributed by atoms with van der Waals surface area (Å²) in [5, 5.41) is 8.49. The molecule has 0 aliphatic heterocycles. The lowest BCUT2D eigenvalue weighted by Gasteiger charge is -2.18. The van der Waals surface area contributed by atoms with E-state index in [0.29, 0.717) is 5.69 Å². The van der Waals surface area contributed by atoms with E-state index in [2.05, 4.69) is 22.4 Å². The van der Waals surface area contributed by atoms with E-state index in [1.54, 1.807) is 6.20 Å². The molecule has 0 radical (unpaired) electrons. The van der Waals surface area contributed by atoms with Crippen molar-refractivity contribution in [2.75, 3.05) is 11.1 Å². The van der Waals surface area contributed by atoms with Crippen LogP contribution in [0.5, 0.6) is 0 Å². The smallest absolute Gasteiger partial charge is 0.139 e. The summed E-state index contributed by atoms with van der Waals surface area (Å²) in [7, 11) is 0. The minimum absolute atomic E-state index is 0.0457. The zero-order chi connectivity index (χ0) is 15.0. The lowest BCUT2D eigenvalue weighted by atomic mass is 10.1. The van der Waals surface area contributed by atoms with E-state index in [1.807, 2.05) is 38.1 Å². The molecule has 0 aliphatic carbocycles. The topological polar surface area (TPSA) is 77.0 Å². The molecular weight excluding hydrogens is 264 g/mol. The SMILES string of the molecule is Cc1noc(C)c1C(C)Nc1c(N)cnc2ccccc12. The van der Waals surface area contributed by atoms with Gasteiger partial charge in [-0.05, 0) is 26.8 Å². The third-order valence-corrected chi connectivity index (χ3v) is 3.69. The number of rotatable bonds is 3. The summed E-state index contributed by atoms with van der Waals surface area (Å²) in [4.78, 5) is 4.35. The van der Waals surface area contributed by atoms with Crippen LogP contribution in [0.15, 0.2) is 35.0 Å². The van der Waals surface area contributed by atoms with Crippen molar-refractivity contribution in [1.82, 2.24) is 10.1 Å². The molecular formula is C16H18N4O. The van der Waals surface area contributed by atoms with Crippen LogP contribution in [0.25, 0.3) is 10.9 Å². The van der Waals surface area contributed by atoms with Gasteiger partial charge in [-0.1, -0.05) is 23.4 Å². The number of aromatic nitrogens is 2. The fraction of sp³-hybridized carbons (Fsp3) is 0.250. The minimum atomic E-state index is 0.0457. The summed E-state index contributed by atoms with van der Waals surface area (Å²) >= 11 is 0. The van der Waals surface area contributed by atoms with Crippen molar-refractivity contribution < 1.29 is 4.52 Å². The molecule has 1 unspecified atom stereocenters. The molecule has 2 aromatic heterocycles. The Kier molecular flexibility index (Phi) is 3.25. The number of pyridine rings is 1. The summed E-state index contributed by atoms with van der Waals surface area (Å²) in [6, 6.07) is 7.98. The van der Waals surface area contributed by atoms with Gasteiger partial charge in [-0.15, -0.1) is 0 Å². The summed E-state index contributed by atoms with van der Waals surface area (Å²) in [5.41, 5.74) is 10.5. The number of aryl methyl sites for hydroxylation is 2. The maximum absolute atomic E-state index is 6.10. The van der Waals surface area contributed by atoms with E-state index in [9.17, 15) is 0 Å². The Morgan fingerprint density at radius 3 is 2.71 bits per heavy atom. The van der Waals surface area contributed by atoms with E-state index < -0.39 is 0 Å². The highest BCUT2D eigenvalue weighted by atomic mass is 16.5. The number of nitrogens with one attached hydrogen (secondary N) is 1. The summed E-state index contributed by atoms with van der Waals surface area (Å²) < 4.78 is 5.24. The Labute approximate surface area is 123 Å². The zero-order valence-electron chi connectivity index (χ0n) is 12.3. The highest BCUT2D eigenvalue weighted by Crippen LogP contribution is 2.32. The standard InChI is InChI=1S/C16H18N4O/c1-9(15-10(2)20-21-11(15)3)19-16-12-6-4-5-7-14(12)18-8-13(16)17/h4-9H,17H2,1-3H3,(H,18,19). The molecule has 21 heavy (non-hydrogen) atoms. The molecule has 0 saturated carbocycles. The second kappa shape index (κ2) is 5.09. The molecule has 0 aliphatic rings.